The van der Waals surface area contributed by atoms with Crippen LogP contribution in [0.3, 0.4) is 0 Å². The molecule has 0 heterocycles. The largest absolute Gasteiger partial charge is 0.498 e. The molecule has 0 N–H and O–H groups in total. The Kier molecular flexibility index (Phi) is 3.60. The van der Waals surface area contributed by atoms with Crippen LogP contribution in [-0.4, -0.2) is 14.2 Å². The van der Waals surface area contributed by atoms with Gasteiger partial charge in [-0.15, -0.1) is 0 Å². The van der Waals surface area contributed by atoms with E-state index in [0.29, 0.717) is 5.76 Å². The van der Waals surface area contributed by atoms with Gasteiger partial charge >= 0.3 is 0 Å². The number of allylic oxidation sites excluding steroid dienone is 2. The number of ether oxygens (including phenoxy) is 2. The Labute approximate surface area is 55.8 Å². The van der Waals surface area contributed by atoms with Crippen LogP contribution >= 0.6 is 0 Å². The molecule has 0 saturated carbocycles. The Hall–Kier alpha value is -0.920. The second-order valence-corrected chi connectivity index (χ2v) is 1.53. The molecule has 0 atom stereocenters. The predicted molar refractivity (Wildman–Crippen MR) is 36.9 cm³/mol. The van der Waals surface area contributed by atoms with Crippen molar-refractivity contribution in [3.63, 3.8) is 0 Å². The van der Waals surface area contributed by atoms with Crippen LogP contribution in [-0.2, 0) is 9.47 Å². The van der Waals surface area contributed by atoms with Crippen LogP contribution in [0.4, 0.5) is 0 Å². The van der Waals surface area contributed by atoms with Gasteiger partial charge in [-0.3, -0.25) is 0 Å². The van der Waals surface area contributed by atoms with Crippen molar-refractivity contribution in [2.45, 2.75) is 6.92 Å². The van der Waals surface area contributed by atoms with Crippen LogP contribution in [0.1, 0.15) is 6.92 Å². The fourth-order valence-corrected chi connectivity index (χ4v) is 0.471. The first-order valence-electron chi connectivity index (χ1n) is 2.67. The average Bonchev–Trinajstić information content (AvgIpc) is 1.90. The number of methoxy groups -OCH3 is 2. The lowest BCUT2D eigenvalue weighted by atomic mass is 10.4. The monoisotopic (exact) mass is 128 g/mol. The fraction of sp³-hybridized carbons (Fsp3) is 0.429. The maximum absolute atomic E-state index is 4.89. The first kappa shape index (κ1) is 8.08. The average molecular weight is 128 g/mol. The summed E-state index contributed by atoms with van der Waals surface area (Å²) in [5.74, 6) is 1.42. The normalized spacial score (nSPS) is 11.9. The van der Waals surface area contributed by atoms with Crippen molar-refractivity contribution in [3.05, 3.63) is 24.2 Å². The second-order valence-electron chi connectivity index (χ2n) is 1.53. The Morgan fingerprint density at radius 3 is 2.00 bits per heavy atom. The molecular weight excluding hydrogens is 116 g/mol. The molecule has 2 nitrogen and oxygen atoms in total. The van der Waals surface area contributed by atoms with Gasteiger partial charge in [-0.25, -0.2) is 0 Å². The van der Waals surface area contributed by atoms with Crippen molar-refractivity contribution >= 4 is 0 Å². The number of rotatable bonds is 3. The van der Waals surface area contributed by atoms with Crippen molar-refractivity contribution < 1.29 is 9.47 Å². The SMILES string of the molecule is C=C/C(OC)=C(\C)OC. The minimum absolute atomic E-state index is 0.678. The van der Waals surface area contributed by atoms with E-state index in [1.54, 1.807) is 20.3 Å². The third-order valence-corrected chi connectivity index (χ3v) is 1.06. The van der Waals surface area contributed by atoms with E-state index >= 15 is 0 Å². The highest BCUT2D eigenvalue weighted by Gasteiger charge is 1.94. The van der Waals surface area contributed by atoms with E-state index < -0.39 is 0 Å². The lowest BCUT2D eigenvalue weighted by Crippen LogP contribution is -1.89. The molecule has 0 aromatic rings. The number of hydrogen-bond donors (Lipinski definition) is 0. The third kappa shape index (κ3) is 2.22. The predicted octanol–water partition coefficient (Wildman–Crippen LogP) is 1.70. The summed E-state index contributed by atoms with van der Waals surface area (Å²) in [6.07, 6.45) is 1.61. The van der Waals surface area contributed by atoms with Crippen LogP contribution in [0, 0.1) is 0 Å². The minimum Gasteiger partial charge on any atom is -0.498 e. The standard InChI is InChI=1S/C7H12O2/c1-5-7(9-4)6(2)8-3/h5H,1H2,2-4H3/b7-6-. The van der Waals surface area contributed by atoms with Gasteiger partial charge in [-0.2, -0.15) is 0 Å². The molecule has 2 heteroatoms. The van der Waals surface area contributed by atoms with Gasteiger partial charge in [0, 0.05) is 0 Å². The van der Waals surface area contributed by atoms with Crippen LogP contribution in [0.5, 0.6) is 0 Å². The summed E-state index contributed by atoms with van der Waals surface area (Å²) in [7, 11) is 3.18. The molecule has 0 aliphatic rings. The topological polar surface area (TPSA) is 18.5 Å². The van der Waals surface area contributed by atoms with Crippen molar-refractivity contribution in [1.29, 1.82) is 0 Å². The van der Waals surface area contributed by atoms with Crippen molar-refractivity contribution in [3.8, 4) is 0 Å². The summed E-state index contributed by atoms with van der Waals surface area (Å²) in [6.45, 7) is 5.36. The van der Waals surface area contributed by atoms with Gasteiger partial charge in [-0.1, -0.05) is 6.58 Å². The maximum atomic E-state index is 4.89. The second kappa shape index (κ2) is 4.01. The fourth-order valence-electron chi connectivity index (χ4n) is 0.471. The molecule has 0 radical (unpaired) electrons. The molecule has 0 aliphatic carbocycles. The van der Waals surface area contributed by atoms with E-state index in [-0.39, 0.29) is 0 Å². The van der Waals surface area contributed by atoms with E-state index in [0.717, 1.165) is 5.76 Å². The summed E-state index contributed by atoms with van der Waals surface area (Å²) in [6, 6.07) is 0. The zero-order valence-corrected chi connectivity index (χ0v) is 6.10. The molecule has 0 rings (SSSR count). The minimum atomic E-state index is 0.678. The zero-order valence-electron chi connectivity index (χ0n) is 6.10. The van der Waals surface area contributed by atoms with Crippen LogP contribution in [0.15, 0.2) is 24.2 Å². The molecule has 0 aliphatic heterocycles. The molecule has 0 aromatic carbocycles. The van der Waals surface area contributed by atoms with E-state index in [9.17, 15) is 0 Å². The van der Waals surface area contributed by atoms with Crippen LogP contribution < -0.4 is 0 Å². The summed E-state index contributed by atoms with van der Waals surface area (Å²) in [4.78, 5) is 0. The lowest BCUT2D eigenvalue weighted by Gasteiger charge is -2.03. The van der Waals surface area contributed by atoms with Gasteiger partial charge in [0.25, 0.3) is 0 Å². The van der Waals surface area contributed by atoms with Gasteiger partial charge in [0.2, 0.25) is 0 Å². The third-order valence-electron chi connectivity index (χ3n) is 1.06. The van der Waals surface area contributed by atoms with Gasteiger partial charge in [-0.05, 0) is 13.0 Å². The highest BCUT2D eigenvalue weighted by Crippen LogP contribution is 2.04. The summed E-state index contributed by atoms with van der Waals surface area (Å²) in [5, 5.41) is 0. The molecular formula is C7H12O2. The van der Waals surface area contributed by atoms with Gasteiger partial charge in [0.05, 0.1) is 14.2 Å². The highest BCUT2D eigenvalue weighted by molar-refractivity contribution is 5.11. The van der Waals surface area contributed by atoms with E-state index in [1.807, 2.05) is 6.92 Å². The smallest absolute Gasteiger partial charge is 0.155 e. The molecule has 0 aromatic heterocycles. The summed E-state index contributed by atoms with van der Waals surface area (Å²) < 4.78 is 9.77. The molecule has 0 saturated heterocycles. The first-order valence-corrected chi connectivity index (χ1v) is 2.67. The van der Waals surface area contributed by atoms with Gasteiger partial charge in [0.15, 0.2) is 5.76 Å². The van der Waals surface area contributed by atoms with Gasteiger partial charge < -0.3 is 9.47 Å². The molecule has 0 unspecified atom stereocenters. The molecule has 0 bridgehead atoms. The summed E-state index contributed by atoms with van der Waals surface area (Å²) >= 11 is 0. The molecule has 0 amide bonds. The first-order chi connectivity index (χ1) is 4.26. The Morgan fingerprint density at radius 2 is 1.89 bits per heavy atom. The highest BCUT2D eigenvalue weighted by atomic mass is 16.5. The van der Waals surface area contributed by atoms with E-state index in [2.05, 4.69) is 6.58 Å². The Morgan fingerprint density at radius 1 is 1.33 bits per heavy atom. The van der Waals surface area contributed by atoms with Crippen molar-refractivity contribution in [2.24, 2.45) is 0 Å². The van der Waals surface area contributed by atoms with Crippen LogP contribution in [0.2, 0.25) is 0 Å². The zero-order chi connectivity index (χ0) is 7.28. The van der Waals surface area contributed by atoms with Crippen molar-refractivity contribution in [1.82, 2.24) is 0 Å². The van der Waals surface area contributed by atoms with Crippen LogP contribution in [0.25, 0.3) is 0 Å². The van der Waals surface area contributed by atoms with E-state index in [4.69, 9.17) is 9.47 Å². The summed E-state index contributed by atoms with van der Waals surface area (Å²) in [5.41, 5.74) is 0. The quantitative estimate of drug-likeness (QED) is 0.425. The van der Waals surface area contributed by atoms with E-state index in [1.165, 1.54) is 0 Å². The molecule has 0 spiro atoms. The number of hydrogen-bond acceptors (Lipinski definition) is 2. The molecule has 52 valence electrons. The molecule has 0 fully saturated rings. The lowest BCUT2D eigenvalue weighted by molar-refractivity contribution is 0.232. The Balaban J connectivity index is 4.18. The molecule has 9 heavy (non-hydrogen) atoms. The Bertz CT molecular complexity index is 125. The van der Waals surface area contributed by atoms with Gasteiger partial charge in [0.1, 0.15) is 5.76 Å². The maximum Gasteiger partial charge on any atom is 0.155 e. The van der Waals surface area contributed by atoms with Crippen molar-refractivity contribution in [2.75, 3.05) is 14.2 Å².